The molecular formula is C23H35N3O4S. The Labute approximate surface area is 186 Å². The van der Waals surface area contributed by atoms with Crippen LogP contribution >= 0.6 is 0 Å². The summed E-state index contributed by atoms with van der Waals surface area (Å²) in [5, 5.41) is 3.19. The first-order chi connectivity index (χ1) is 15.0. The molecule has 0 aromatic heterocycles. The summed E-state index contributed by atoms with van der Waals surface area (Å²) in [5.41, 5.74) is 1.06. The molecule has 1 aromatic carbocycles. The SMILES string of the molecule is O=C(NCC1CCN(c2ccc(S(=O)(=O)N3CCOCC3)cc2)CC1)C1CCCCC1. The number of carbonyl (C=O) groups is 1. The van der Waals surface area contributed by atoms with E-state index in [9.17, 15) is 13.2 Å². The van der Waals surface area contributed by atoms with Crippen LogP contribution < -0.4 is 10.2 Å². The van der Waals surface area contributed by atoms with Gasteiger partial charge in [-0.15, -0.1) is 0 Å². The van der Waals surface area contributed by atoms with E-state index in [1.54, 1.807) is 12.1 Å². The number of ether oxygens (including phenoxy) is 1. The minimum atomic E-state index is -3.45. The number of hydrogen-bond acceptors (Lipinski definition) is 5. The van der Waals surface area contributed by atoms with Crippen molar-refractivity contribution < 1.29 is 17.9 Å². The van der Waals surface area contributed by atoms with Crippen molar-refractivity contribution >= 4 is 21.6 Å². The number of nitrogens with one attached hydrogen (secondary N) is 1. The van der Waals surface area contributed by atoms with Gasteiger partial charge in [0.1, 0.15) is 0 Å². The van der Waals surface area contributed by atoms with Crippen molar-refractivity contribution in [3.8, 4) is 0 Å². The van der Waals surface area contributed by atoms with Gasteiger partial charge in [0.2, 0.25) is 15.9 Å². The van der Waals surface area contributed by atoms with Gasteiger partial charge in [0.05, 0.1) is 18.1 Å². The first-order valence-corrected chi connectivity index (χ1v) is 13.2. The Kier molecular flexibility index (Phi) is 7.51. The fourth-order valence-electron chi connectivity index (χ4n) is 4.91. The molecule has 1 saturated carbocycles. The molecule has 0 bridgehead atoms. The summed E-state index contributed by atoms with van der Waals surface area (Å²) in [5.74, 6) is 0.991. The maximum absolute atomic E-state index is 12.8. The summed E-state index contributed by atoms with van der Waals surface area (Å²) >= 11 is 0. The number of rotatable bonds is 6. The van der Waals surface area contributed by atoms with Crippen molar-refractivity contribution in [2.45, 2.75) is 49.8 Å². The van der Waals surface area contributed by atoms with E-state index in [0.717, 1.165) is 51.0 Å². The second-order valence-corrected chi connectivity index (χ2v) is 11.0. The number of sulfonamides is 1. The Bertz CT molecular complexity index is 823. The van der Waals surface area contributed by atoms with Gasteiger partial charge in [-0.25, -0.2) is 8.42 Å². The number of morpholine rings is 1. The minimum absolute atomic E-state index is 0.223. The van der Waals surface area contributed by atoms with Crippen molar-refractivity contribution in [2.75, 3.05) is 50.8 Å². The number of amides is 1. The molecule has 0 atom stereocenters. The second kappa shape index (κ2) is 10.3. The van der Waals surface area contributed by atoms with Crippen molar-refractivity contribution in [2.24, 2.45) is 11.8 Å². The van der Waals surface area contributed by atoms with Crippen LogP contribution in [-0.4, -0.2) is 64.6 Å². The van der Waals surface area contributed by atoms with E-state index in [4.69, 9.17) is 4.74 Å². The first kappa shape index (κ1) is 22.6. The number of hydrogen-bond donors (Lipinski definition) is 1. The molecule has 1 aliphatic carbocycles. The van der Waals surface area contributed by atoms with Crippen molar-refractivity contribution in [1.82, 2.24) is 9.62 Å². The maximum atomic E-state index is 12.8. The van der Waals surface area contributed by atoms with E-state index >= 15 is 0 Å². The van der Waals surface area contributed by atoms with E-state index in [1.807, 2.05) is 12.1 Å². The third-order valence-electron chi connectivity index (χ3n) is 6.97. The molecule has 2 saturated heterocycles. The van der Waals surface area contributed by atoms with Gasteiger partial charge in [0, 0.05) is 44.3 Å². The molecule has 3 aliphatic rings. The van der Waals surface area contributed by atoms with Crippen LogP contribution in [0.2, 0.25) is 0 Å². The normalized spacial score (nSPS) is 22.4. The van der Waals surface area contributed by atoms with Crippen molar-refractivity contribution in [3.05, 3.63) is 24.3 Å². The quantitative estimate of drug-likeness (QED) is 0.722. The molecule has 1 amide bonds. The largest absolute Gasteiger partial charge is 0.379 e. The zero-order chi connectivity index (χ0) is 21.7. The van der Waals surface area contributed by atoms with E-state index in [1.165, 1.54) is 23.6 Å². The van der Waals surface area contributed by atoms with Gasteiger partial charge in [-0.3, -0.25) is 4.79 Å². The van der Waals surface area contributed by atoms with Crippen LogP contribution in [-0.2, 0) is 19.6 Å². The standard InChI is InChI=1S/C23H35N3O4S/c27-23(20-4-2-1-3-5-20)24-18-19-10-12-25(13-11-19)21-6-8-22(9-7-21)31(28,29)26-14-16-30-17-15-26/h6-9,19-20H,1-5,10-18H2,(H,24,27). The van der Waals surface area contributed by atoms with E-state index < -0.39 is 10.0 Å². The van der Waals surface area contributed by atoms with Crippen LogP contribution in [0, 0.1) is 11.8 Å². The lowest BCUT2D eigenvalue weighted by molar-refractivity contribution is -0.126. The van der Waals surface area contributed by atoms with Crippen molar-refractivity contribution in [3.63, 3.8) is 0 Å². The van der Waals surface area contributed by atoms with Gasteiger partial charge >= 0.3 is 0 Å². The van der Waals surface area contributed by atoms with E-state index in [2.05, 4.69) is 10.2 Å². The topological polar surface area (TPSA) is 79.0 Å². The molecule has 7 nitrogen and oxygen atoms in total. The highest BCUT2D eigenvalue weighted by Gasteiger charge is 2.27. The number of benzene rings is 1. The number of carbonyl (C=O) groups excluding carboxylic acids is 1. The fourth-order valence-corrected chi connectivity index (χ4v) is 6.32. The summed E-state index contributed by atoms with van der Waals surface area (Å²) in [6.07, 6.45) is 7.80. The Balaban J connectivity index is 1.25. The highest BCUT2D eigenvalue weighted by molar-refractivity contribution is 7.89. The fraction of sp³-hybridized carbons (Fsp3) is 0.696. The molecule has 31 heavy (non-hydrogen) atoms. The van der Waals surface area contributed by atoms with Gasteiger partial charge in [-0.2, -0.15) is 4.31 Å². The summed E-state index contributed by atoms with van der Waals surface area (Å²) in [6, 6.07) is 7.27. The van der Waals surface area contributed by atoms with Crippen LogP contribution in [0.1, 0.15) is 44.9 Å². The maximum Gasteiger partial charge on any atom is 0.243 e. The summed E-state index contributed by atoms with van der Waals surface area (Å²) < 4.78 is 32.3. The number of nitrogens with zero attached hydrogens (tertiary/aromatic N) is 2. The zero-order valence-corrected chi connectivity index (χ0v) is 19.1. The highest BCUT2D eigenvalue weighted by atomic mass is 32.2. The molecule has 1 N–H and O–H groups in total. The average molecular weight is 450 g/mol. The van der Waals surface area contributed by atoms with Crippen LogP contribution in [0.25, 0.3) is 0 Å². The average Bonchev–Trinajstić information content (AvgIpc) is 2.84. The molecule has 2 heterocycles. The van der Waals surface area contributed by atoms with Crippen LogP contribution in [0.3, 0.4) is 0 Å². The molecule has 1 aromatic rings. The number of piperidine rings is 1. The lowest BCUT2D eigenvalue weighted by Crippen LogP contribution is -2.41. The first-order valence-electron chi connectivity index (χ1n) is 11.7. The third kappa shape index (κ3) is 5.59. The Morgan fingerprint density at radius 2 is 1.58 bits per heavy atom. The molecule has 172 valence electrons. The molecule has 3 fully saturated rings. The highest BCUT2D eigenvalue weighted by Crippen LogP contribution is 2.27. The predicted octanol–water partition coefficient (Wildman–Crippen LogP) is 2.62. The second-order valence-electron chi connectivity index (χ2n) is 9.02. The predicted molar refractivity (Wildman–Crippen MR) is 121 cm³/mol. The lowest BCUT2D eigenvalue weighted by atomic mass is 9.88. The molecule has 0 unspecified atom stereocenters. The Morgan fingerprint density at radius 3 is 2.23 bits per heavy atom. The monoisotopic (exact) mass is 449 g/mol. The number of anilines is 1. The smallest absolute Gasteiger partial charge is 0.243 e. The molecule has 0 spiro atoms. The minimum Gasteiger partial charge on any atom is -0.379 e. The van der Waals surface area contributed by atoms with Gasteiger partial charge < -0.3 is 15.0 Å². The molecule has 0 radical (unpaired) electrons. The summed E-state index contributed by atoms with van der Waals surface area (Å²) in [4.78, 5) is 15.0. The Hall–Kier alpha value is -1.64. The van der Waals surface area contributed by atoms with Gasteiger partial charge in [-0.1, -0.05) is 19.3 Å². The van der Waals surface area contributed by atoms with E-state index in [-0.39, 0.29) is 11.8 Å². The summed E-state index contributed by atoms with van der Waals surface area (Å²) in [6.45, 7) is 4.36. The molecular weight excluding hydrogens is 414 g/mol. The van der Waals surface area contributed by atoms with Crippen LogP contribution in [0.15, 0.2) is 29.2 Å². The third-order valence-corrected chi connectivity index (χ3v) is 8.88. The summed E-state index contributed by atoms with van der Waals surface area (Å²) in [7, 11) is -3.45. The van der Waals surface area contributed by atoms with Crippen LogP contribution in [0.4, 0.5) is 5.69 Å². The van der Waals surface area contributed by atoms with Gasteiger partial charge in [0.25, 0.3) is 0 Å². The van der Waals surface area contributed by atoms with Gasteiger partial charge in [0.15, 0.2) is 0 Å². The lowest BCUT2D eigenvalue weighted by Gasteiger charge is -2.34. The zero-order valence-electron chi connectivity index (χ0n) is 18.3. The van der Waals surface area contributed by atoms with Gasteiger partial charge in [-0.05, 0) is 55.9 Å². The molecule has 2 aliphatic heterocycles. The van der Waals surface area contributed by atoms with Crippen LogP contribution in [0.5, 0.6) is 0 Å². The van der Waals surface area contributed by atoms with E-state index in [0.29, 0.717) is 37.1 Å². The molecule has 8 heteroatoms. The Morgan fingerprint density at radius 1 is 0.935 bits per heavy atom. The molecule has 4 rings (SSSR count). The van der Waals surface area contributed by atoms with Crippen molar-refractivity contribution in [1.29, 1.82) is 0 Å².